The number of benzene rings is 2. The minimum absolute atomic E-state index is 0.0169. The van der Waals surface area contributed by atoms with Gasteiger partial charge in [-0.3, -0.25) is 4.79 Å². The zero-order chi connectivity index (χ0) is 16.7. The van der Waals surface area contributed by atoms with Crippen LogP contribution in [0.2, 0.25) is 0 Å². The molecule has 23 heavy (non-hydrogen) atoms. The summed E-state index contributed by atoms with van der Waals surface area (Å²) in [5, 5.41) is 13.9. The summed E-state index contributed by atoms with van der Waals surface area (Å²) in [6.45, 7) is 2.28. The maximum Gasteiger partial charge on any atom is 0.271 e. The lowest BCUT2D eigenvalue weighted by Gasteiger charge is -2.07. The molecule has 120 valence electrons. The van der Waals surface area contributed by atoms with E-state index in [0.717, 1.165) is 0 Å². The molecule has 6 heteroatoms. The third-order valence-electron chi connectivity index (χ3n) is 3.05. The van der Waals surface area contributed by atoms with Crippen LogP contribution in [0, 0.1) is 0 Å². The number of amides is 1. The Morgan fingerprint density at radius 3 is 2.65 bits per heavy atom. The fraction of sp³-hybridized carbons (Fsp3) is 0.176. The molecule has 0 radical (unpaired) electrons. The summed E-state index contributed by atoms with van der Waals surface area (Å²) in [5.41, 5.74) is 3.31. The number of phenolic OH excluding ortho intramolecular Hbond substituents is 1. The molecule has 2 aromatic carbocycles. The summed E-state index contributed by atoms with van der Waals surface area (Å²) in [4.78, 5) is 11.9. The first kappa shape index (κ1) is 16.4. The third kappa shape index (κ3) is 4.23. The number of nitrogens with one attached hydrogen (secondary N) is 1. The van der Waals surface area contributed by atoms with Gasteiger partial charge in [-0.2, -0.15) is 5.10 Å². The lowest BCUT2D eigenvalue weighted by Crippen LogP contribution is -2.17. The summed E-state index contributed by atoms with van der Waals surface area (Å²) in [6.07, 6.45) is 1.36. The van der Waals surface area contributed by atoms with E-state index in [4.69, 9.17) is 9.47 Å². The largest absolute Gasteiger partial charge is 0.504 e. The SMILES string of the molecule is CCOc1cccc(C=NNC(=O)c2ccc(OC)cc2)c1O. The van der Waals surface area contributed by atoms with Crippen molar-refractivity contribution >= 4 is 12.1 Å². The van der Waals surface area contributed by atoms with Crippen molar-refractivity contribution in [2.45, 2.75) is 6.92 Å². The number of para-hydroxylation sites is 1. The molecular weight excluding hydrogens is 296 g/mol. The number of carbonyl (C=O) groups is 1. The van der Waals surface area contributed by atoms with Crippen LogP contribution in [0.25, 0.3) is 0 Å². The fourth-order valence-electron chi connectivity index (χ4n) is 1.88. The second-order valence-corrected chi connectivity index (χ2v) is 4.55. The van der Waals surface area contributed by atoms with E-state index >= 15 is 0 Å². The average molecular weight is 314 g/mol. The summed E-state index contributed by atoms with van der Waals surface area (Å²) in [6, 6.07) is 11.7. The molecule has 2 rings (SSSR count). The Balaban J connectivity index is 2.03. The van der Waals surface area contributed by atoms with Crippen molar-refractivity contribution in [3.8, 4) is 17.2 Å². The van der Waals surface area contributed by atoms with Gasteiger partial charge in [0.25, 0.3) is 5.91 Å². The average Bonchev–Trinajstić information content (AvgIpc) is 2.58. The predicted octanol–water partition coefficient (Wildman–Crippen LogP) is 2.56. The van der Waals surface area contributed by atoms with Crippen LogP contribution in [0.4, 0.5) is 0 Å². The van der Waals surface area contributed by atoms with Crippen molar-refractivity contribution in [1.29, 1.82) is 0 Å². The standard InChI is InChI=1S/C17H18N2O4/c1-3-23-15-6-4-5-13(16(15)20)11-18-19-17(21)12-7-9-14(22-2)10-8-12/h4-11,20H,3H2,1-2H3,(H,19,21). The Bertz CT molecular complexity index is 696. The second-order valence-electron chi connectivity index (χ2n) is 4.55. The number of phenols is 1. The van der Waals surface area contributed by atoms with Crippen molar-refractivity contribution < 1.29 is 19.4 Å². The molecule has 0 fully saturated rings. The van der Waals surface area contributed by atoms with E-state index in [9.17, 15) is 9.90 Å². The lowest BCUT2D eigenvalue weighted by atomic mass is 10.2. The Morgan fingerprint density at radius 2 is 2.00 bits per heavy atom. The summed E-state index contributed by atoms with van der Waals surface area (Å²) in [5.74, 6) is 0.668. The van der Waals surface area contributed by atoms with Gasteiger partial charge in [-0.05, 0) is 43.3 Å². The van der Waals surface area contributed by atoms with Crippen LogP contribution in [-0.4, -0.2) is 30.9 Å². The van der Waals surface area contributed by atoms with Crippen LogP contribution >= 0.6 is 0 Å². The van der Waals surface area contributed by atoms with E-state index in [1.165, 1.54) is 6.21 Å². The van der Waals surface area contributed by atoms with Gasteiger partial charge in [0.2, 0.25) is 0 Å². The predicted molar refractivity (Wildman–Crippen MR) is 87.3 cm³/mol. The molecule has 0 aliphatic rings. The first-order valence-electron chi connectivity index (χ1n) is 7.08. The molecular formula is C17H18N2O4. The molecule has 1 amide bonds. The van der Waals surface area contributed by atoms with Gasteiger partial charge in [0.05, 0.1) is 19.9 Å². The van der Waals surface area contributed by atoms with Gasteiger partial charge in [-0.15, -0.1) is 0 Å². The second kappa shape index (κ2) is 7.84. The van der Waals surface area contributed by atoms with Crippen molar-refractivity contribution in [2.75, 3.05) is 13.7 Å². The van der Waals surface area contributed by atoms with Crippen LogP contribution in [0.5, 0.6) is 17.2 Å². The van der Waals surface area contributed by atoms with Crippen molar-refractivity contribution in [3.63, 3.8) is 0 Å². The molecule has 0 saturated carbocycles. The van der Waals surface area contributed by atoms with Crippen molar-refractivity contribution in [1.82, 2.24) is 5.43 Å². The first-order valence-corrected chi connectivity index (χ1v) is 7.08. The fourth-order valence-corrected chi connectivity index (χ4v) is 1.88. The van der Waals surface area contributed by atoms with Gasteiger partial charge in [0.1, 0.15) is 5.75 Å². The number of hydrogen-bond acceptors (Lipinski definition) is 5. The number of methoxy groups -OCH3 is 1. The van der Waals surface area contributed by atoms with Gasteiger partial charge < -0.3 is 14.6 Å². The molecule has 0 aliphatic carbocycles. The summed E-state index contributed by atoms with van der Waals surface area (Å²) < 4.78 is 10.3. The maximum absolute atomic E-state index is 11.9. The van der Waals surface area contributed by atoms with E-state index in [1.54, 1.807) is 49.6 Å². The van der Waals surface area contributed by atoms with Crippen LogP contribution in [-0.2, 0) is 0 Å². The van der Waals surface area contributed by atoms with E-state index in [1.807, 2.05) is 6.92 Å². The highest BCUT2D eigenvalue weighted by atomic mass is 16.5. The van der Waals surface area contributed by atoms with Crippen LogP contribution in [0.15, 0.2) is 47.6 Å². The van der Waals surface area contributed by atoms with Gasteiger partial charge in [0, 0.05) is 11.1 Å². The number of rotatable bonds is 6. The molecule has 0 atom stereocenters. The highest BCUT2D eigenvalue weighted by molar-refractivity contribution is 5.95. The van der Waals surface area contributed by atoms with Crippen LogP contribution in [0.1, 0.15) is 22.8 Å². The van der Waals surface area contributed by atoms with Crippen molar-refractivity contribution in [3.05, 3.63) is 53.6 Å². The first-order chi connectivity index (χ1) is 11.2. The Hall–Kier alpha value is -3.02. The quantitative estimate of drug-likeness (QED) is 0.634. The lowest BCUT2D eigenvalue weighted by molar-refractivity contribution is 0.0955. The maximum atomic E-state index is 11.9. The number of hydrazone groups is 1. The molecule has 2 N–H and O–H groups in total. The Labute approximate surface area is 134 Å². The zero-order valence-corrected chi connectivity index (χ0v) is 12.9. The Morgan fingerprint density at radius 1 is 1.26 bits per heavy atom. The molecule has 6 nitrogen and oxygen atoms in total. The van der Waals surface area contributed by atoms with E-state index in [0.29, 0.717) is 29.2 Å². The zero-order valence-electron chi connectivity index (χ0n) is 12.9. The van der Waals surface area contributed by atoms with E-state index in [-0.39, 0.29) is 11.7 Å². The summed E-state index contributed by atoms with van der Waals surface area (Å²) >= 11 is 0. The third-order valence-corrected chi connectivity index (χ3v) is 3.05. The molecule has 0 heterocycles. The van der Waals surface area contributed by atoms with E-state index < -0.39 is 0 Å². The van der Waals surface area contributed by atoms with Crippen molar-refractivity contribution in [2.24, 2.45) is 5.10 Å². The number of hydrogen-bond donors (Lipinski definition) is 2. The molecule has 0 saturated heterocycles. The number of ether oxygens (including phenoxy) is 2. The number of nitrogens with zero attached hydrogens (tertiary/aromatic N) is 1. The topological polar surface area (TPSA) is 80.2 Å². The molecule has 0 aromatic heterocycles. The number of aromatic hydroxyl groups is 1. The molecule has 2 aromatic rings. The summed E-state index contributed by atoms with van der Waals surface area (Å²) in [7, 11) is 1.56. The van der Waals surface area contributed by atoms with Gasteiger partial charge >= 0.3 is 0 Å². The number of carbonyl (C=O) groups excluding carboxylic acids is 1. The monoisotopic (exact) mass is 314 g/mol. The molecule has 0 unspecified atom stereocenters. The van der Waals surface area contributed by atoms with Crippen LogP contribution in [0.3, 0.4) is 0 Å². The van der Waals surface area contributed by atoms with Gasteiger partial charge in [-0.25, -0.2) is 5.43 Å². The minimum Gasteiger partial charge on any atom is -0.504 e. The van der Waals surface area contributed by atoms with Gasteiger partial charge in [0.15, 0.2) is 11.5 Å². The smallest absolute Gasteiger partial charge is 0.271 e. The van der Waals surface area contributed by atoms with E-state index in [2.05, 4.69) is 10.5 Å². The highest BCUT2D eigenvalue weighted by Crippen LogP contribution is 2.28. The van der Waals surface area contributed by atoms with Crippen LogP contribution < -0.4 is 14.9 Å². The van der Waals surface area contributed by atoms with Gasteiger partial charge in [-0.1, -0.05) is 6.07 Å². The minimum atomic E-state index is -0.357. The normalized spacial score (nSPS) is 10.5. The molecule has 0 aliphatic heterocycles. The molecule has 0 spiro atoms. The molecule has 0 bridgehead atoms. The Kier molecular flexibility index (Phi) is 5.57. The highest BCUT2D eigenvalue weighted by Gasteiger charge is 2.07.